The zero-order valence-electron chi connectivity index (χ0n) is 41.3. The van der Waals surface area contributed by atoms with Crippen LogP contribution in [0.25, 0.3) is 11.4 Å². The lowest BCUT2D eigenvalue weighted by Gasteiger charge is -2.20. The van der Waals surface area contributed by atoms with Crippen LogP contribution in [-0.2, 0) is 22.6 Å². The van der Waals surface area contributed by atoms with Gasteiger partial charge in [-0.15, -0.1) is 0 Å². The van der Waals surface area contributed by atoms with Gasteiger partial charge in [-0.1, -0.05) is 60.7 Å². The van der Waals surface area contributed by atoms with Gasteiger partial charge in [0, 0.05) is 24.5 Å². The van der Waals surface area contributed by atoms with E-state index in [0.29, 0.717) is 72.3 Å². The zero-order valence-corrected chi connectivity index (χ0v) is 41.3. The summed E-state index contributed by atoms with van der Waals surface area (Å²) in [4.78, 5) is 26.7. The molecule has 74 heavy (non-hydrogen) atoms. The van der Waals surface area contributed by atoms with Crippen molar-refractivity contribution in [3.63, 3.8) is 0 Å². The highest BCUT2D eigenvalue weighted by molar-refractivity contribution is 6.04. The monoisotopic (exact) mass is 998 g/mol. The van der Waals surface area contributed by atoms with E-state index in [9.17, 15) is 18.4 Å². The third-order valence-corrected chi connectivity index (χ3v) is 12.8. The lowest BCUT2D eigenvalue weighted by molar-refractivity contribution is 0.0718. The molecule has 2 aromatic heterocycles. The minimum absolute atomic E-state index is 0.0625. The summed E-state index contributed by atoms with van der Waals surface area (Å²) in [5.41, 5.74) is 33.3. The second-order valence-electron chi connectivity index (χ2n) is 19.0. The number of aromatic nitrogens is 4. The van der Waals surface area contributed by atoms with Crippen molar-refractivity contribution < 1.29 is 27.8 Å². The van der Waals surface area contributed by atoms with Crippen molar-refractivity contribution in [2.75, 3.05) is 35.3 Å². The SMILES string of the molecule is Cc1cc(C(=O)Nc2cc(C(OCC3CC3)c3cccc(N)c3)ccc2F)n(-c2cccc(CN)c2)n1.Cc1cc(C(=O)Nc2cc(C(OCC3CC3)c3cccc(N)c3)ccc2F)n(-c2cccc(CN)c2)n1. The molecule has 0 bridgehead atoms. The Morgan fingerprint density at radius 3 is 1.32 bits per heavy atom. The smallest absolute Gasteiger partial charge is 0.274 e. The molecule has 2 atom stereocenters. The maximum Gasteiger partial charge on any atom is 0.274 e. The van der Waals surface area contributed by atoms with Crippen LogP contribution in [0.15, 0.2) is 146 Å². The number of carbonyl (C=O) groups is 2. The maximum absolute atomic E-state index is 14.9. The number of nitrogens with zero attached hydrogens (tertiary/aromatic N) is 4. The number of carbonyl (C=O) groups excluding carboxylic acids is 2. The molecule has 380 valence electrons. The fourth-order valence-corrected chi connectivity index (χ4v) is 8.57. The predicted octanol–water partition coefficient (Wildman–Crippen LogP) is 10.3. The van der Waals surface area contributed by atoms with Crippen LogP contribution in [0.1, 0.15) is 104 Å². The van der Waals surface area contributed by atoms with Gasteiger partial charge in [-0.3, -0.25) is 9.59 Å². The summed E-state index contributed by atoms with van der Waals surface area (Å²) in [5.74, 6) is -0.950. The van der Waals surface area contributed by atoms with E-state index < -0.39 is 35.7 Å². The maximum atomic E-state index is 14.9. The molecular formula is C58H60F2N10O4. The Hall–Kier alpha value is -8.02. The Balaban J connectivity index is 0.000000182. The summed E-state index contributed by atoms with van der Waals surface area (Å²) < 4.78 is 45.4. The highest BCUT2D eigenvalue weighted by atomic mass is 19.1. The fraction of sp³-hybridized carbons (Fsp3) is 0.241. The van der Waals surface area contributed by atoms with Crippen LogP contribution in [-0.4, -0.2) is 44.6 Å². The first-order chi connectivity index (χ1) is 35.8. The average Bonchev–Trinajstić information content (AvgIpc) is 4.34. The topological polar surface area (TPSA) is 216 Å². The number of rotatable bonds is 18. The molecule has 14 nitrogen and oxygen atoms in total. The number of nitrogens with two attached hydrogens (primary N) is 4. The van der Waals surface area contributed by atoms with E-state index in [-0.39, 0.29) is 22.8 Å². The number of amides is 2. The number of hydrogen-bond donors (Lipinski definition) is 6. The molecular weight excluding hydrogens is 939 g/mol. The van der Waals surface area contributed by atoms with Crippen molar-refractivity contribution >= 4 is 34.6 Å². The predicted molar refractivity (Wildman–Crippen MR) is 284 cm³/mol. The van der Waals surface area contributed by atoms with E-state index >= 15 is 0 Å². The highest BCUT2D eigenvalue weighted by Gasteiger charge is 2.28. The van der Waals surface area contributed by atoms with Gasteiger partial charge in [-0.2, -0.15) is 10.2 Å². The molecule has 0 spiro atoms. The van der Waals surface area contributed by atoms with E-state index in [0.717, 1.165) is 59.1 Å². The number of hydrogen-bond acceptors (Lipinski definition) is 10. The Bertz CT molecular complexity index is 3080. The molecule has 2 saturated carbocycles. The van der Waals surface area contributed by atoms with Gasteiger partial charge < -0.3 is 43.0 Å². The molecule has 10 rings (SSSR count). The van der Waals surface area contributed by atoms with E-state index in [1.54, 1.807) is 59.6 Å². The number of benzene rings is 6. The Morgan fingerprint density at radius 1 is 0.554 bits per heavy atom. The molecule has 0 radical (unpaired) electrons. The third-order valence-electron chi connectivity index (χ3n) is 12.8. The molecule has 16 heteroatoms. The largest absolute Gasteiger partial charge is 0.399 e. The Kier molecular flexibility index (Phi) is 15.7. The van der Waals surface area contributed by atoms with Crippen molar-refractivity contribution in [1.82, 2.24) is 19.6 Å². The van der Waals surface area contributed by atoms with Crippen LogP contribution in [0.5, 0.6) is 0 Å². The molecule has 6 aromatic carbocycles. The van der Waals surface area contributed by atoms with Gasteiger partial charge in [0.2, 0.25) is 0 Å². The van der Waals surface area contributed by atoms with E-state index in [2.05, 4.69) is 20.8 Å². The molecule has 10 N–H and O–H groups in total. The van der Waals surface area contributed by atoms with Crippen molar-refractivity contribution in [3.05, 3.63) is 213 Å². The summed E-state index contributed by atoms with van der Waals surface area (Å²) in [5, 5.41) is 14.4. The van der Waals surface area contributed by atoms with Gasteiger partial charge in [0.1, 0.15) is 35.2 Å². The number of nitrogen functional groups attached to an aromatic ring is 2. The van der Waals surface area contributed by atoms with Gasteiger partial charge in [0.05, 0.1) is 47.4 Å². The Morgan fingerprint density at radius 2 is 0.946 bits per heavy atom. The first-order valence-electron chi connectivity index (χ1n) is 24.7. The lowest BCUT2D eigenvalue weighted by atomic mass is 10.00. The molecule has 2 aliphatic rings. The molecule has 8 aromatic rings. The van der Waals surface area contributed by atoms with E-state index in [1.807, 2.05) is 97.1 Å². The summed E-state index contributed by atoms with van der Waals surface area (Å²) in [6.45, 7) is 5.55. The first kappa shape index (κ1) is 50.9. The molecule has 2 amide bonds. The van der Waals surface area contributed by atoms with Crippen molar-refractivity contribution in [3.8, 4) is 11.4 Å². The summed E-state index contributed by atoms with van der Waals surface area (Å²) >= 11 is 0. The van der Waals surface area contributed by atoms with Crippen LogP contribution < -0.4 is 33.6 Å². The van der Waals surface area contributed by atoms with Gasteiger partial charge in [-0.25, -0.2) is 18.1 Å². The van der Waals surface area contributed by atoms with Crippen LogP contribution in [0, 0.1) is 37.3 Å². The summed E-state index contributed by atoms with van der Waals surface area (Å²) in [6.07, 6.45) is 3.72. The van der Waals surface area contributed by atoms with Crippen molar-refractivity contribution in [1.29, 1.82) is 0 Å². The number of nitrogens with one attached hydrogen (secondary N) is 2. The third kappa shape index (κ3) is 12.6. The Labute approximate surface area is 428 Å². The van der Waals surface area contributed by atoms with Gasteiger partial charge in [0.15, 0.2) is 0 Å². The minimum Gasteiger partial charge on any atom is -0.399 e. The molecule has 2 unspecified atom stereocenters. The molecule has 2 heterocycles. The van der Waals surface area contributed by atoms with E-state index in [4.69, 9.17) is 32.4 Å². The summed E-state index contributed by atoms with van der Waals surface area (Å²) in [6, 6.07) is 42.5. The molecule has 2 aliphatic carbocycles. The average molecular weight is 999 g/mol. The minimum atomic E-state index is -0.543. The van der Waals surface area contributed by atoms with Crippen molar-refractivity contribution in [2.24, 2.45) is 23.3 Å². The van der Waals surface area contributed by atoms with Crippen LogP contribution >= 0.6 is 0 Å². The van der Waals surface area contributed by atoms with Gasteiger partial charge in [0.25, 0.3) is 11.8 Å². The second kappa shape index (κ2) is 22.8. The van der Waals surface area contributed by atoms with E-state index in [1.165, 1.54) is 12.1 Å². The standard InChI is InChI=1S/2C29H30FN5O2/c2*1-18-12-27(35(34-18)24-7-2-4-20(13-24)16-31)29(36)33-26-15-22(10-11-25(26)30)28(37-17-19-8-9-19)21-5-3-6-23(32)14-21/h2*2-7,10-15,19,28H,8-9,16-17,31-32H2,1H3,(H,33,36). The molecule has 0 saturated heterocycles. The molecule has 2 fully saturated rings. The number of halogens is 2. The fourth-order valence-electron chi connectivity index (χ4n) is 8.57. The number of ether oxygens (including phenoxy) is 2. The van der Waals surface area contributed by atoms with Crippen LogP contribution in [0.2, 0.25) is 0 Å². The zero-order chi connectivity index (χ0) is 51.9. The normalized spacial score (nSPS) is 13.9. The first-order valence-corrected chi connectivity index (χ1v) is 24.7. The van der Waals surface area contributed by atoms with Gasteiger partial charge >= 0.3 is 0 Å². The van der Waals surface area contributed by atoms with Crippen LogP contribution in [0.3, 0.4) is 0 Å². The second-order valence-corrected chi connectivity index (χ2v) is 19.0. The van der Waals surface area contributed by atoms with Crippen LogP contribution in [0.4, 0.5) is 31.5 Å². The van der Waals surface area contributed by atoms with Gasteiger partial charge in [-0.05, 0) is 170 Å². The lowest BCUT2D eigenvalue weighted by Crippen LogP contribution is -2.18. The highest BCUT2D eigenvalue weighted by Crippen LogP contribution is 2.37. The van der Waals surface area contributed by atoms with Crippen molar-refractivity contribution in [2.45, 2.75) is 64.8 Å². The summed E-state index contributed by atoms with van der Waals surface area (Å²) in [7, 11) is 0. The quantitative estimate of drug-likeness (QED) is 0.0447. The number of aryl methyl sites for hydroxylation is 2. The molecule has 0 aliphatic heterocycles. The number of anilines is 4.